The average molecular weight is 441 g/mol. The van der Waals surface area contributed by atoms with E-state index in [-0.39, 0.29) is 12.8 Å². The van der Waals surface area contributed by atoms with Crippen molar-refractivity contribution >= 4 is 5.71 Å². The fourth-order valence-electron chi connectivity index (χ4n) is 5.22. The molecule has 2 heterocycles. The van der Waals surface area contributed by atoms with Crippen LogP contribution in [0.5, 0.6) is 17.2 Å². The molecule has 0 saturated carbocycles. The van der Waals surface area contributed by atoms with Gasteiger partial charge in [0.25, 0.3) is 0 Å². The van der Waals surface area contributed by atoms with Gasteiger partial charge in [-0.3, -0.25) is 4.90 Å². The zero-order valence-corrected chi connectivity index (χ0v) is 19.8. The summed E-state index contributed by atoms with van der Waals surface area (Å²) < 4.78 is 17.2. The summed E-state index contributed by atoms with van der Waals surface area (Å²) >= 11 is 0. The third-order valence-electron chi connectivity index (χ3n) is 7.07. The van der Waals surface area contributed by atoms with Crippen LogP contribution in [0.3, 0.4) is 0 Å². The van der Waals surface area contributed by atoms with Gasteiger partial charge in [0.2, 0.25) is 12.5 Å². The Morgan fingerprint density at radius 2 is 2.16 bits per heavy atom. The van der Waals surface area contributed by atoms with E-state index < -0.39 is 0 Å². The van der Waals surface area contributed by atoms with Crippen molar-refractivity contribution in [2.75, 3.05) is 27.5 Å². The Balaban J connectivity index is 1.53. The quantitative estimate of drug-likeness (QED) is 0.257. The number of likely N-dealkylation sites (N-methyl/N-ethyl adjacent to an activating group) is 1. The number of hydrogen-bond donors (Lipinski definition) is 1. The maximum absolute atomic E-state index is 9.94. The zero-order chi connectivity index (χ0) is 22.7. The highest BCUT2D eigenvalue weighted by Gasteiger charge is 2.35. The predicted octanol–water partition coefficient (Wildman–Crippen LogP) is 5.65. The van der Waals surface area contributed by atoms with Gasteiger partial charge in [0.05, 0.1) is 12.8 Å². The van der Waals surface area contributed by atoms with Crippen LogP contribution in [0.2, 0.25) is 0 Å². The van der Waals surface area contributed by atoms with E-state index in [9.17, 15) is 5.21 Å². The molecule has 0 saturated heterocycles. The van der Waals surface area contributed by atoms with E-state index in [1.807, 2.05) is 0 Å². The van der Waals surface area contributed by atoms with Gasteiger partial charge >= 0.3 is 0 Å². The SMILES string of the molecule is COc1c2c(cc3c1C(CC(=NO)C1=CCC(CCC=C(C)C)CC1)N(C)CC3)OCO2. The van der Waals surface area contributed by atoms with Crippen molar-refractivity contribution in [2.24, 2.45) is 11.1 Å². The van der Waals surface area contributed by atoms with Gasteiger partial charge in [0, 0.05) is 24.6 Å². The molecule has 6 nitrogen and oxygen atoms in total. The molecule has 0 bridgehead atoms. The molecular formula is C26H36N2O4. The second-order valence-corrected chi connectivity index (χ2v) is 9.44. The number of fused-ring (bicyclic) bond motifs is 2. The van der Waals surface area contributed by atoms with Crippen LogP contribution >= 0.6 is 0 Å². The molecular weight excluding hydrogens is 404 g/mol. The molecule has 2 aliphatic heterocycles. The van der Waals surface area contributed by atoms with Gasteiger partial charge in [0.1, 0.15) is 0 Å². The maximum atomic E-state index is 9.94. The minimum absolute atomic E-state index is 0.0605. The summed E-state index contributed by atoms with van der Waals surface area (Å²) in [6.07, 6.45) is 11.8. The van der Waals surface area contributed by atoms with E-state index in [1.165, 1.54) is 23.1 Å². The summed E-state index contributed by atoms with van der Waals surface area (Å²) in [7, 11) is 3.81. The lowest BCUT2D eigenvalue weighted by Crippen LogP contribution is -2.34. The van der Waals surface area contributed by atoms with Crippen LogP contribution in [-0.4, -0.2) is 43.3 Å². The van der Waals surface area contributed by atoms with Gasteiger partial charge in [-0.25, -0.2) is 0 Å². The fourth-order valence-corrected chi connectivity index (χ4v) is 5.22. The highest BCUT2D eigenvalue weighted by molar-refractivity contribution is 6.00. The molecule has 0 aromatic heterocycles. The number of allylic oxidation sites excluding steroid dienone is 4. The molecule has 0 radical (unpaired) electrons. The van der Waals surface area contributed by atoms with Crippen LogP contribution < -0.4 is 14.2 Å². The van der Waals surface area contributed by atoms with Crippen LogP contribution in [0, 0.1) is 5.92 Å². The number of nitrogens with zero attached hydrogens (tertiary/aromatic N) is 2. The van der Waals surface area contributed by atoms with E-state index in [4.69, 9.17) is 14.2 Å². The molecule has 1 N–H and O–H groups in total. The summed E-state index contributed by atoms with van der Waals surface area (Å²) in [5, 5.41) is 13.7. The van der Waals surface area contributed by atoms with Crippen LogP contribution in [0.1, 0.15) is 69.5 Å². The molecule has 32 heavy (non-hydrogen) atoms. The molecule has 0 fully saturated rings. The lowest BCUT2D eigenvalue weighted by Gasteiger charge is -2.36. The van der Waals surface area contributed by atoms with E-state index >= 15 is 0 Å². The first-order valence-corrected chi connectivity index (χ1v) is 11.7. The van der Waals surface area contributed by atoms with Crippen LogP contribution in [0.25, 0.3) is 0 Å². The molecule has 6 heteroatoms. The molecule has 1 aromatic rings. The highest BCUT2D eigenvalue weighted by atomic mass is 16.7. The summed E-state index contributed by atoms with van der Waals surface area (Å²) in [5.41, 5.74) is 5.72. The van der Waals surface area contributed by atoms with Crippen LogP contribution in [-0.2, 0) is 6.42 Å². The summed E-state index contributed by atoms with van der Waals surface area (Å²) in [4.78, 5) is 2.32. The topological polar surface area (TPSA) is 63.5 Å². The van der Waals surface area contributed by atoms with Crippen molar-refractivity contribution in [1.82, 2.24) is 4.90 Å². The minimum Gasteiger partial charge on any atom is -0.492 e. The maximum Gasteiger partial charge on any atom is 0.231 e. The van der Waals surface area contributed by atoms with Gasteiger partial charge in [0.15, 0.2) is 11.5 Å². The predicted molar refractivity (Wildman–Crippen MR) is 126 cm³/mol. The van der Waals surface area contributed by atoms with E-state index in [0.717, 1.165) is 61.4 Å². The first kappa shape index (κ1) is 22.7. The minimum atomic E-state index is 0.0605. The zero-order valence-electron chi connectivity index (χ0n) is 19.8. The second kappa shape index (κ2) is 9.99. The molecule has 174 valence electrons. The van der Waals surface area contributed by atoms with E-state index in [2.05, 4.69) is 49.2 Å². The Morgan fingerprint density at radius 1 is 1.31 bits per heavy atom. The first-order valence-electron chi connectivity index (χ1n) is 11.7. The van der Waals surface area contributed by atoms with Gasteiger partial charge < -0.3 is 19.4 Å². The van der Waals surface area contributed by atoms with Crippen molar-refractivity contribution in [2.45, 2.75) is 64.8 Å². The van der Waals surface area contributed by atoms with E-state index in [1.54, 1.807) is 7.11 Å². The van der Waals surface area contributed by atoms with Crippen molar-refractivity contribution < 1.29 is 19.4 Å². The Kier molecular flexibility index (Phi) is 7.09. The summed E-state index contributed by atoms with van der Waals surface area (Å²) in [5.74, 6) is 2.91. The van der Waals surface area contributed by atoms with Gasteiger partial charge in [-0.2, -0.15) is 0 Å². The van der Waals surface area contributed by atoms with E-state index in [0.29, 0.717) is 18.1 Å². The molecule has 0 spiro atoms. The number of oxime groups is 1. The standard InChI is InChI=1S/C26H36N2O4/c1-17(2)6-5-7-18-8-10-19(11-9-18)21(27-29)15-22-24-20(12-13-28(22)3)14-23-25(26(24)30-4)32-16-31-23/h6,10,14,18,22,29H,5,7-9,11-13,15-16H2,1-4H3. The molecule has 2 atom stereocenters. The first-order chi connectivity index (χ1) is 15.5. The molecule has 1 aromatic carbocycles. The number of methoxy groups -OCH3 is 1. The van der Waals surface area contributed by atoms with Crippen molar-refractivity contribution in [3.8, 4) is 17.2 Å². The number of ether oxygens (including phenoxy) is 3. The smallest absolute Gasteiger partial charge is 0.231 e. The van der Waals surface area contributed by atoms with Gasteiger partial charge in [-0.1, -0.05) is 22.9 Å². The largest absolute Gasteiger partial charge is 0.492 e. The molecule has 1 aliphatic carbocycles. The Labute approximate surface area is 191 Å². The Morgan fingerprint density at radius 3 is 2.84 bits per heavy atom. The average Bonchev–Trinajstić information content (AvgIpc) is 3.26. The molecule has 4 rings (SSSR count). The monoisotopic (exact) mass is 440 g/mol. The lowest BCUT2D eigenvalue weighted by atomic mass is 9.82. The third kappa shape index (κ3) is 4.65. The normalized spacial score (nSPS) is 22.9. The number of hydrogen-bond acceptors (Lipinski definition) is 6. The van der Waals surface area contributed by atoms with Gasteiger partial charge in [-0.05, 0) is 82.5 Å². The van der Waals surface area contributed by atoms with Gasteiger partial charge in [-0.15, -0.1) is 0 Å². The highest BCUT2D eigenvalue weighted by Crippen LogP contribution is 2.50. The fraction of sp³-hybridized carbons (Fsp3) is 0.577. The Hall–Kier alpha value is -2.47. The van der Waals surface area contributed by atoms with Crippen LogP contribution in [0.4, 0.5) is 0 Å². The number of rotatable bonds is 7. The molecule has 2 unspecified atom stereocenters. The molecule has 0 amide bonds. The van der Waals surface area contributed by atoms with Crippen molar-refractivity contribution in [1.29, 1.82) is 0 Å². The molecule has 3 aliphatic rings. The third-order valence-corrected chi connectivity index (χ3v) is 7.07. The summed E-state index contributed by atoms with van der Waals surface area (Å²) in [6, 6.07) is 2.15. The van der Waals surface area contributed by atoms with Crippen molar-refractivity contribution in [3.05, 3.63) is 40.5 Å². The van der Waals surface area contributed by atoms with Crippen molar-refractivity contribution in [3.63, 3.8) is 0 Å². The lowest BCUT2D eigenvalue weighted by molar-refractivity contribution is 0.170. The number of benzene rings is 1. The second-order valence-electron chi connectivity index (χ2n) is 9.44. The summed E-state index contributed by atoms with van der Waals surface area (Å²) in [6.45, 7) is 5.47. The van der Waals surface area contributed by atoms with Crippen LogP contribution in [0.15, 0.2) is 34.5 Å². The Bertz CT molecular complexity index is 930.